The predicted octanol–water partition coefficient (Wildman–Crippen LogP) is 3.74. The Kier molecular flexibility index (Phi) is 4.42. The van der Waals surface area contributed by atoms with E-state index in [2.05, 4.69) is 4.99 Å². The molecule has 0 fully saturated rings. The summed E-state index contributed by atoms with van der Waals surface area (Å²) >= 11 is 0. The predicted molar refractivity (Wildman–Crippen MR) is 89.4 cm³/mol. The average molecular weight is 325 g/mol. The van der Waals surface area contributed by atoms with Crippen LogP contribution in [-0.4, -0.2) is 19.0 Å². The Hall–Kier alpha value is -2.95. The van der Waals surface area contributed by atoms with E-state index in [1.54, 1.807) is 25.3 Å². The average Bonchev–Trinajstić information content (AvgIpc) is 2.95. The third-order valence-electron chi connectivity index (χ3n) is 3.68. The summed E-state index contributed by atoms with van der Waals surface area (Å²) in [6.45, 7) is 2.03. The molecule has 1 aliphatic rings. The van der Waals surface area contributed by atoms with Crippen molar-refractivity contribution in [2.75, 3.05) is 7.11 Å². The number of methoxy groups -OCH3 is 1. The third kappa shape index (κ3) is 3.20. The fourth-order valence-corrected chi connectivity index (χ4v) is 2.48. The van der Waals surface area contributed by atoms with Gasteiger partial charge in [0, 0.05) is 5.56 Å². The van der Waals surface area contributed by atoms with Crippen LogP contribution in [0.15, 0.2) is 53.2 Å². The van der Waals surface area contributed by atoms with Crippen molar-refractivity contribution in [1.29, 1.82) is 0 Å². The smallest absolute Gasteiger partial charge is 0.363 e. The first-order valence-electron chi connectivity index (χ1n) is 7.56. The Morgan fingerprint density at radius 3 is 2.79 bits per heavy atom. The molecule has 0 amide bonds. The van der Waals surface area contributed by atoms with Gasteiger partial charge < -0.3 is 9.47 Å². The van der Waals surface area contributed by atoms with Crippen molar-refractivity contribution < 1.29 is 18.7 Å². The van der Waals surface area contributed by atoms with Crippen LogP contribution in [0.2, 0.25) is 0 Å². The van der Waals surface area contributed by atoms with Crippen molar-refractivity contribution in [3.05, 3.63) is 70.7 Å². The molecule has 0 bridgehead atoms. The number of rotatable bonds is 4. The van der Waals surface area contributed by atoms with E-state index in [9.17, 15) is 9.18 Å². The summed E-state index contributed by atoms with van der Waals surface area (Å²) in [5, 5.41) is 0. The van der Waals surface area contributed by atoms with E-state index in [0.717, 1.165) is 23.3 Å². The fourth-order valence-electron chi connectivity index (χ4n) is 2.48. The van der Waals surface area contributed by atoms with Crippen LogP contribution in [0.3, 0.4) is 0 Å². The highest BCUT2D eigenvalue weighted by molar-refractivity contribution is 6.12. The fraction of sp³-hybridized carbons (Fsp3) is 0.158. The molecule has 3 rings (SSSR count). The van der Waals surface area contributed by atoms with E-state index < -0.39 is 11.8 Å². The number of esters is 1. The second-order valence-corrected chi connectivity index (χ2v) is 5.27. The van der Waals surface area contributed by atoms with Crippen molar-refractivity contribution in [2.45, 2.75) is 13.3 Å². The number of hydrogen-bond donors (Lipinski definition) is 0. The highest BCUT2D eigenvalue weighted by Gasteiger charge is 2.24. The summed E-state index contributed by atoms with van der Waals surface area (Å²) in [4.78, 5) is 16.2. The SMILES string of the molecule is CCc1cc(/C=C2/N=C(c3cccc(F)c3)OC2=O)ccc1OC. The van der Waals surface area contributed by atoms with Crippen LogP contribution in [0.4, 0.5) is 4.39 Å². The van der Waals surface area contributed by atoms with Crippen LogP contribution in [0.25, 0.3) is 6.08 Å². The van der Waals surface area contributed by atoms with Crippen LogP contribution in [0.1, 0.15) is 23.6 Å². The van der Waals surface area contributed by atoms with Crippen LogP contribution in [0.5, 0.6) is 5.75 Å². The molecular formula is C19H16FNO3. The molecule has 0 N–H and O–H groups in total. The molecule has 0 unspecified atom stereocenters. The Morgan fingerprint density at radius 1 is 1.25 bits per heavy atom. The molecule has 0 aromatic heterocycles. The zero-order valence-electron chi connectivity index (χ0n) is 13.4. The molecular weight excluding hydrogens is 309 g/mol. The number of hydrogen-bond acceptors (Lipinski definition) is 4. The molecule has 2 aromatic rings. The molecule has 0 radical (unpaired) electrons. The number of aryl methyl sites for hydroxylation is 1. The summed E-state index contributed by atoms with van der Waals surface area (Å²) in [5.41, 5.74) is 2.47. The minimum Gasteiger partial charge on any atom is -0.496 e. The first-order chi connectivity index (χ1) is 11.6. The van der Waals surface area contributed by atoms with E-state index in [1.165, 1.54) is 12.1 Å². The van der Waals surface area contributed by atoms with E-state index in [0.29, 0.717) is 5.56 Å². The van der Waals surface area contributed by atoms with Gasteiger partial charge in [-0.2, -0.15) is 0 Å². The zero-order valence-corrected chi connectivity index (χ0v) is 13.4. The molecule has 5 heteroatoms. The Balaban J connectivity index is 1.94. The van der Waals surface area contributed by atoms with E-state index >= 15 is 0 Å². The van der Waals surface area contributed by atoms with Gasteiger partial charge in [0.1, 0.15) is 11.6 Å². The molecule has 1 heterocycles. The summed E-state index contributed by atoms with van der Waals surface area (Å²) in [5.74, 6) is -0.0536. The van der Waals surface area contributed by atoms with Crippen LogP contribution >= 0.6 is 0 Å². The van der Waals surface area contributed by atoms with Gasteiger partial charge in [0.2, 0.25) is 5.90 Å². The third-order valence-corrected chi connectivity index (χ3v) is 3.68. The quantitative estimate of drug-likeness (QED) is 0.635. The maximum Gasteiger partial charge on any atom is 0.363 e. The Labute approximate surface area is 139 Å². The van der Waals surface area contributed by atoms with Crippen molar-refractivity contribution in [2.24, 2.45) is 4.99 Å². The number of ether oxygens (including phenoxy) is 2. The molecule has 0 atom stereocenters. The molecule has 0 spiro atoms. The van der Waals surface area contributed by atoms with Crippen LogP contribution in [0, 0.1) is 5.82 Å². The lowest BCUT2D eigenvalue weighted by Gasteiger charge is -2.07. The van der Waals surface area contributed by atoms with Crippen molar-refractivity contribution >= 4 is 17.9 Å². The molecule has 4 nitrogen and oxygen atoms in total. The summed E-state index contributed by atoms with van der Waals surface area (Å²) in [7, 11) is 1.62. The first kappa shape index (κ1) is 15.9. The van der Waals surface area contributed by atoms with Crippen molar-refractivity contribution in [3.63, 3.8) is 0 Å². The molecule has 122 valence electrons. The first-order valence-corrected chi connectivity index (χ1v) is 7.56. The van der Waals surface area contributed by atoms with Crippen molar-refractivity contribution in [3.8, 4) is 5.75 Å². The van der Waals surface area contributed by atoms with E-state index in [-0.39, 0.29) is 11.6 Å². The Morgan fingerprint density at radius 2 is 2.08 bits per heavy atom. The number of cyclic esters (lactones) is 1. The monoisotopic (exact) mass is 325 g/mol. The molecule has 24 heavy (non-hydrogen) atoms. The number of halogens is 1. The minimum absolute atomic E-state index is 0.106. The van der Waals surface area contributed by atoms with Crippen molar-refractivity contribution in [1.82, 2.24) is 0 Å². The van der Waals surface area contributed by atoms with Gasteiger partial charge in [0.05, 0.1) is 7.11 Å². The van der Waals surface area contributed by atoms with Gasteiger partial charge >= 0.3 is 5.97 Å². The van der Waals surface area contributed by atoms with Gasteiger partial charge in [0.15, 0.2) is 5.70 Å². The second-order valence-electron chi connectivity index (χ2n) is 5.27. The summed E-state index contributed by atoms with van der Waals surface area (Å²) in [6.07, 6.45) is 2.45. The molecule has 0 saturated carbocycles. The highest BCUT2D eigenvalue weighted by atomic mass is 19.1. The van der Waals surface area contributed by atoms with Gasteiger partial charge in [-0.25, -0.2) is 14.2 Å². The number of carbonyl (C=O) groups excluding carboxylic acids is 1. The number of carbonyl (C=O) groups is 1. The Bertz CT molecular complexity index is 855. The van der Waals surface area contributed by atoms with Gasteiger partial charge in [-0.1, -0.05) is 19.1 Å². The molecule has 2 aromatic carbocycles. The summed E-state index contributed by atoms with van der Waals surface area (Å²) < 4.78 is 23.7. The molecule has 1 aliphatic heterocycles. The van der Waals surface area contributed by atoms with Gasteiger partial charge in [-0.05, 0) is 54.0 Å². The van der Waals surface area contributed by atoms with Gasteiger partial charge in [-0.15, -0.1) is 0 Å². The van der Waals surface area contributed by atoms with E-state index in [4.69, 9.17) is 9.47 Å². The molecule has 0 saturated heterocycles. The zero-order chi connectivity index (χ0) is 17.1. The second kappa shape index (κ2) is 6.66. The van der Waals surface area contributed by atoms with E-state index in [1.807, 2.05) is 25.1 Å². The number of aliphatic imine (C=N–C) groups is 1. The highest BCUT2D eigenvalue weighted by Crippen LogP contribution is 2.24. The lowest BCUT2D eigenvalue weighted by Crippen LogP contribution is -2.05. The van der Waals surface area contributed by atoms with Crippen LogP contribution in [-0.2, 0) is 16.0 Å². The normalized spacial score (nSPS) is 15.4. The molecule has 0 aliphatic carbocycles. The lowest BCUT2D eigenvalue weighted by molar-refractivity contribution is -0.129. The lowest BCUT2D eigenvalue weighted by atomic mass is 10.1. The standard InChI is InChI=1S/C19H16FNO3/c1-3-13-9-12(7-8-17(13)23-2)10-16-19(22)24-18(21-16)14-5-4-6-15(20)11-14/h4-11H,3H2,1-2H3/b16-10+. The van der Waals surface area contributed by atoms with Gasteiger partial charge in [0.25, 0.3) is 0 Å². The summed E-state index contributed by atoms with van der Waals surface area (Å²) in [6, 6.07) is 11.4. The maximum atomic E-state index is 13.3. The largest absolute Gasteiger partial charge is 0.496 e. The number of nitrogens with zero attached hydrogens (tertiary/aromatic N) is 1. The van der Waals surface area contributed by atoms with Crippen LogP contribution < -0.4 is 4.74 Å². The van der Waals surface area contributed by atoms with Gasteiger partial charge in [-0.3, -0.25) is 0 Å². The maximum absolute atomic E-state index is 13.3. The topological polar surface area (TPSA) is 47.9 Å². The number of benzene rings is 2. The minimum atomic E-state index is -0.553.